The summed E-state index contributed by atoms with van der Waals surface area (Å²) in [7, 11) is 0. The fraction of sp³-hybridized carbons (Fsp3) is 0. The first-order valence-corrected chi connectivity index (χ1v) is 4.98. The maximum absolute atomic E-state index is 10.9. The van der Waals surface area contributed by atoms with Crippen molar-refractivity contribution in [2.24, 2.45) is 0 Å². The fourth-order valence-corrected chi connectivity index (χ4v) is 1.90. The van der Waals surface area contributed by atoms with Crippen LogP contribution in [0.25, 0.3) is 21.7 Å². The highest BCUT2D eigenvalue weighted by Gasteiger charge is 2.05. The lowest BCUT2D eigenvalue weighted by Crippen LogP contribution is -1.90. The largest absolute Gasteiger partial charge is 0.296 e. The van der Waals surface area contributed by atoms with E-state index in [0.29, 0.717) is 5.69 Å². The van der Waals surface area contributed by atoms with E-state index < -0.39 is 0 Å². The van der Waals surface area contributed by atoms with E-state index in [2.05, 4.69) is 9.97 Å². The van der Waals surface area contributed by atoms with Gasteiger partial charge < -0.3 is 0 Å². The molecule has 1 aromatic carbocycles. The van der Waals surface area contributed by atoms with Crippen molar-refractivity contribution in [3.63, 3.8) is 0 Å². The monoisotopic (exact) mass is 208 g/mol. The quantitative estimate of drug-likeness (QED) is 0.456. The molecule has 3 nitrogen and oxygen atoms in total. The second-order valence-corrected chi connectivity index (χ2v) is 3.55. The average molecular weight is 208 g/mol. The minimum atomic E-state index is 0.441. The third-order valence-corrected chi connectivity index (χ3v) is 2.66. The average Bonchev–Trinajstić information content (AvgIpc) is 2.37. The molecular formula is C13H8N2O. The molecule has 0 aliphatic rings. The van der Waals surface area contributed by atoms with Gasteiger partial charge in [-0.1, -0.05) is 18.2 Å². The van der Waals surface area contributed by atoms with Crippen LogP contribution in [0.3, 0.4) is 0 Å². The maximum atomic E-state index is 10.9. The molecule has 0 bridgehead atoms. The molecule has 0 N–H and O–H groups in total. The molecule has 0 spiro atoms. The topological polar surface area (TPSA) is 42.9 Å². The summed E-state index contributed by atoms with van der Waals surface area (Å²) >= 11 is 0. The van der Waals surface area contributed by atoms with Gasteiger partial charge in [-0.2, -0.15) is 0 Å². The summed E-state index contributed by atoms with van der Waals surface area (Å²) in [6, 6.07) is 9.77. The first-order valence-electron chi connectivity index (χ1n) is 4.98. The van der Waals surface area contributed by atoms with Gasteiger partial charge in [-0.3, -0.25) is 14.8 Å². The third-order valence-electron chi connectivity index (χ3n) is 2.66. The highest BCUT2D eigenvalue weighted by molar-refractivity contribution is 6.09. The minimum absolute atomic E-state index is 0.441. The zero-order valence-electron chi connectivity index (χ0n) is 8.42. The molecule has 0 aliphatic carbocycles. The van der Waals surface area contributed by atoms with Crippen molar-refractivity contribution >= 4 is 28.0 Å². The van der Waals surface area contributed by atoms with Crippen LogP contribution in [-0.4, -0.2) is 16.3 Å². The number of benzene rings is 1. The summed E-state index contributed by atoms with van der Waals surface area (Å²) in [5, 5.41) is 2.87. The number of hydrogen-bond acceptors (Lipinski definition) is 3. The summed E-state index contributed by atoms with van der Waals surface area (Å²) < 4.78 is 0. The zero-order valence-corrected chi connectivity index (χ0v) is 8.42. The van der Waals surface area contributed by atoms with Crippen LogP contribution in [0.15, 0.2) is 42.7 Å². The number of fused-ring (bicyclic) bond motifs is 3. The Balaban J connectivity index is 2.57. The molecule has 0 aliphatic heterocycles. The van der Waals surface area contributed by atoms with Crippen LogP contribution in [-0.2, 0) is 0 Å². The van der Waals surface area contributed by atoms with E-state index in [1.54, 1.807) is 12.4 Å². The molecule has 76 valence electrons. The normalized spacial score (nSPS) is 10.8. The smallest absolute Gasteiger partial charge is 0.169 e. The molecule has 0 fully saturated rings. The number of hydrogen-bond donors (Lipinski definition) is 0. The fourth-order valence-electron chi connectivity index (χ4n) is 1.90. The van der Waals surface area contributed by atoms with Gasteiger partial charge in [0.15, 0.2) is 6.29 Å². The number of rotatable bonds is 1. The summed E-state index contributed by atoms with van der Waals surface area (Å²) in [5.74, 6) is 0. The zero-order chi connectivity index (χ0) is 11.0. The van der Waals surface area contributed by atoms with Crippen molar-refractivity contribution in [3.8, 4) is 0 Å². The number of para-hydroxylation sites is 1. The van der Waals surface area contributed by atoms with Gasteiger partial charge in [0.2, 0.25) is 0 Å². The van der Waals surface area contributed by atoms with E-state index in [9.17, 15) is 4.79 Å². The highest BCUT2D eigenvalue weighted by atomic mass is 16.1. The molecular weight excluding hydrogens is 200 g/mol. The van der Waals surface area contributed by atoms with E-state index in [1.165, 1.54) is 0 Å². The standard InChI is InChI=1S/C13H8N2O/c16-8-13-11-7-15-12-4-2-1-3-10(12)9(11)5-6-14-13/h1-8H. The lowest BCUT2D eigenvalue weighted by atomic mass is 10.1. The molecule has 0 saturated carbocycles. The summed E-state index contributed by atoms with van der Waals surface area (Å²) in [6.07, 6.45) is 4.12. The molecule has 0 saturated heterocycles. The van der Waals surface area contributed by atoms with Crippen molar-refractivity contribution in [1.29, 1.82) is 0 Å². The van der Waals surface area contributed by atoms with Crippen LogP contribution < -0.4 is 0 Å². The lowest BCUT2D eigenvalue weighted by molar-refractivity contribution is 0.112. The Bertz CT molecular complexity index is 692. The van der Waals surface area contributed by atoms with Gasteiger partial charge in [-0.15, -0.1) is 0 Å². The van der Waals surface area contributed by atoms with E-state index in [4.69, 9.17) is 0 Å². The minimum Gasteiger partial charge on any atom is -0.296 e. The third kappa shape index (κ3) is 1.18. The highest BCUT2D eigenvalue weighted by Crippen LogP contribution is 2.23. The number of pyridine rings is 2. The molecule has 3 heteroatoms. The Morgan fingerprint density at radius 3 is 2.69 bits per heavy atom. The number of aldehydes is 1. The Morgan fingerprint density at radius 1 is 0.938 bits per heavy atom. The van der Waals surface area contributed by atoms with Crippen molar-refractivity contribution in [3.05, 3.63) is 48.4 Å². The van der Waals surface area contributed by atoms with Crippen LogP contribution >= 0.6 is 0 Å². The van der Waals surface area contributed by atoms with Gasteiger partial charge in [-0.05, 0) is 17.5 Å². The second-order valence-electron chi connectivity index (χ2n) is 3.55. The van der Waals surface area contributed by atoms with Crippen LogP contribution in [0.5, 0.6) is 0 Å². The molecule has 3 rings (SSSR count). The number of aromatic nitrogens is 2. The summed E-state index contributed by atoms with van der Waals surface area (Å²) in [4.78, 5) is 19.2. The van der Waals surface area contributed by atoms with Gasteiger partial charge in [0, 0.05) is 23.2 Å². The van der Waals surface area contributed by atoms with Crippen LogP contribution in [0.4, 0.5) is 0 Å². The summed E-state index contributed by atoms with van der Waals surface area (Å²) in [6.45, 7) is 0. The predicted octanol–water partition coefficient (Wildman–Crippen LogP) is 2.60. The van der Waals surface area contributed by atoms with Crippen molar-refractivity contribution < 1.29 is 4.79 Å². The number of carbonyl (C=O) groups is 1. The molecule has 3 aromatic rings. The van der Waals surface area contributed by atoms with E-state index in [1.807, 2.05) is 30.3 Å². The molecule has 16 heavy (non-hydrogen) atoms. The summed E-state index contributed by atoms with van der Waals surface area (Å²) in [5.41, 5.74) is 1.37. The first kappa shape index (κ1) is 8.97. The van der Waals surface area contributed by atoms with Crippen molar-refractivity contribution in [1.82, 2.24) is 9.97 Å². The van der Waals surface area contributed by atoms with Crippen LogP contribution in [0.1, 0.15) is 10.5 Å². The van der Waals surface area contributed by atoms with Gasteiger partial charge in [-0.25, -0.2) is 0 Å². The molecule has 0 amide bonds. The van der Waals surface area contributed by atoms with Crippen LogP contribution in [0, 0.1) is 0 Å². The van der Waals surface area contributed by atoms with Gasteiger partial charge in [0.25, 0.3) is 0 Å². The SMILES string of the molecule is O=Cc1nccc2c1cnc1ccccc12. The first-order chi connectivity index (χ1) is 7.90. The molecule has 0 atom stereocenters. The Morgan fingerprint density at radius 2 is 1.81 bits per heavy atom. The van der Waals surface area contributed by atoms with E-state index in [-0.39, 0.29) is 0 Å². The molecule has 0 radical (unpaired) electrons. The second kappa shape index (κ2) is 3.38. The van der Waals surface area contributed by atoms with Crippen LogP contribution in [0.2, 0.25) is 0 Å². The van der Waals surface area contributed by atoms with Gasteiger partial charge in [0.05, 0.1) is 5.52 Å². The number of carbonyl (C=O) groups excluding carboxylic acids is 1. The van der Waals surface area contributed by atoms with E-state index in [0.717, 1.165) is 28.0 Å². The van der Waals surface area contributed by atoms with Crippen molar-refractivity contribution in [2.45, 2.75) is 0 Å². The Kier molecular flexibility index (Phi) is 1.90. The molecule has 0 unspecified atom stereocenters. The predicted molar refractivity (Wildman–Crippen MR) is 62.4 cm³/mol. The van der Waals surface area contributed by atoms with Gasteiger partial charge in [0.1, 0.15) is 5.69 Å². The number of nitrogens with zero attached hydrogens (tertiary/aromatic N) is 2. The Hall–Kier alpha value is -2.29. The lowest BCUT2D eigenvalue weighted by Gasteiger charge is -2.03. The Labute approximate surface area is 91.8 Å². The van der Waals surface area contributed by atoms with E-state index >= 15 is 0 Å². The van der Waals surface area contributed by atoms with Crippen molar-refractivity contribution in [2.75, 3.05) is 0 Å². The molecule has 2 aromatic heterocycles. The van der Waals surface area contributed by atoms with Gasteiger partial charge >= 0.3 is 0 Å². The molecule has 2 heterocycles. The maximum Gasteiger partial charge on any atom is 0.169 e.